The van der Waals surface area contributed by atoms with Gasteiger partial charge in [0.15, 0.2) is 5.96 Å². The number of nitrogens with zero attached hydrogens (tertiary/aromatic N) is 4. The molecule has 0 spiro atoms. The van der Waals surface area contributed by atoms with Crippen molar-refractivity contribution in [1.29, 1.82) is 0 Å². The van der Waals surface area contributed by atoms with E-state index in [9.17, 15) is 13.2 Å². The van der Waals surface area contributed by atoms with Gasteiger partial charge in [0.25, 0.3) is 0 Å². The molecule has 1 aromatic heterocycles. The molecule has 0 bridgehead atoms. The van der Waals surface area contributed by atoms with Crippen LogP contribution >= 0.6 is 24.0 Å². The van der Waals surface area contributed by atoms with Gasteiger partial charge in [-0.15, -0.1) is 34.2 Å². The average molecular weight is 538 g/mol. The Balaban J connectivity index is 0.00000450. The summed E-state index contributed by atoms with van der Waals surface area (Å²) in [4.78, 5) is 4.55. The Morgan fingerprint density at radius 3 is 2.60 bits per heavy atom. The van der Waals surface area contributed by atoms with Crippen LogP contribution < -0.4 is 10.6 Å². The minimum Gasteiger partial charge on any atom is -0.355 e. The molecular weight excluding hydrogens is 508 g/mol. The third kappa shape index (κ3) is 8.11. The second-order valence-electron chi connectivity index (χ2n) is 7.29. The number of nitrogens with one attached hydrogen (secondary N) is 2. The summed E-state index contributed by atoms with van der Waals surface area (Å²) in [6.45, 7) is 9.81. The number of halogens is 4. The van der Waals surface area contributed by atoms with E-state index in [-0.39, 0.29) is 30.0 Å². The van der Waals surface area contributed by atoms with Crippen LogP contribution in [0.3, 0.4) is 0 Å². The number of alkyl halides is 3. The van der Waals surface area contributed by atoms with E-state index in [0.29, 0.717) is 37.1 Å². The summed E-state index contributed by atoms with van der Waals surface area (Å²) >= 11 is 0. The molecule has 6 nitrogen and oxygen atoms in total. The molecule has 0 amide bonds. The molecule has 0 radical (unpaired) electrons. The maximum Gasteiger partial charge on any atom is 0.416 e. The van der Waals surface area contributed by atoms with Crippen molar-refractivity contribution in [3.63, 3.8) is 0 Å². The van der Waals surface area contributed by atoms with Crippen LogP contribution in [0.15, 0.2) is 35.6 Å². The number of benzene rings is 1. The third-order valence-corrected chi connectivity index (χ3v) is 4.34. The Morgan fingerprint density at radius 1 is 1.23 bits per heavy atom. The lowest BCUT2D eigenvalue weighted by Gasteiger charge is -2.20. The molecule has 30 heavy (non-hydrogen) atoms. The van der Waals surface area contributed by atoms with Gasteiger partial charge in [0.2, 0.25) is 0 Å². The number of hydrogen-bond donors (Lipinski definition) is 2. The molecule has 0 fully saturated rings. The van der Waals surface area contributed by atoms with Gasteiger partial charge in [-0.2, -0.15) is 13.2 Å². The first kappa shape index (κ1) is 26.2. The molecule has 0 aliphatic heterocycles. The van der Waals surface area contributed by atoms with E-state index in [2.05, 4.69) is 39.7 Å². The second-order valence-corrected chi connectivity index (χ2v) is 7.29. The molecule has 1 aromatic carbocycles. The van der Waals surface area contributed by atoms with Crippen molar-refractivity contribution in [3.8, 4) is 0 Å². The van der Waals surface area contributed by atoms with Crippen molar-refractivity contribution in [2.75, 3.05) is 13.1 Å². The highest BCUT2D eigenvalue weighted by molar-refractivity contribution is 14.0. The normalized spacial score (nSPS) is 13.1. The molecule has 1 atom stereocenters. The second kappa shape index (κ2) is 12.1. The largest absolute Gasteiger partial charge is 0.416 e. The molecule has 1 unspecified atom stereocenters. The maximum atomic E-state index is 13.0. The fourth-order valence-corrected chi connectivity index (χ4v) is 2.73. The monoisotopic (exact) mass is 538 g/mol. The fourth-order valence-electron chi connectivity index (χ4n) is 2.73. The van der Waals surface area contributed by atoms with Gasteiger partial charge in [-0.3, -0.25) is 4.99 Å². The Labute approximate surface area is 192 Å². The highest BCUT2D eigenvalue weighted by Gasteiger charge is 2.30. The predicted octanol–water partition coefficient (Wildman–Crippen LogP) is 4.43. The van der Waals surface area contributed by atoms with Crippen molar-refractivity contribution < 1.29 is 13.2 Å². The average Bonchev–Trinajstić information content (AvgIpc) is 3.12. The Morgan fingerprint density at radius 2 is 1.97 bits per heavy atom. The zero-order valence-corrected chi connectivity index (χ0v) is 20.0. The van der Waals surface area contributed by atoms with Crippen LogP contribution in [0.2, 0.25) is 0 Å². The lowest BCUT2D eigenvalue weighted by molar-refractivity contribution is -0.137. The highest BCUT2D eigenvalue weighted by Crippen LogP contribution is 2.30. The number of aromatic nitrogens is 3. The molecule has 0 saturated heterocycles. The third-order valence-electron chi connectivity index (χ3n) is 4.34. The molecule has 2 rings (SSSR count). The molecule has 0 saturated carbocycles. The molecule has 2 N–H and O–H groups in total. The minimum absolute atomic E-state index is 0. The zero-order valence-electron chi connectivity index (χ0n) is 17.7. The van der Waals surface area contributed by atoms with E-state index in [4.69, 9.17) is 0 Å². The minimum atomic E-state index is -4.36. The van der Waals surface area contributed by atoms with Crippen LogP contribution in [0.25, 0.3) is 0 Å². The van der Waals surface area contributed by atoms with Crippen LogP contribution in [0.4, 0.5) is 13.2 Å². The van der Waals surface area contributed by atoms with E-state index in [1.807, 2.05) is 18.4 Å². The summed E-state index contributed by atoms with van der Waals surface area (Å²) in [6, 6.07) is 5.01. The number of aryl methyl sites for hydroxylation is 1. The van der Waals surface area contributed by atoms with Gasteiger partial charge in [-0.05, 0) is 30.5 Å². The SMILES string of the molecule is CCc1nncn1CCNC(=NCC(C)C)NC(C)c1cccc(C(F)(F)F)c1.I. The number of aliphatic imine (C=N–C) groups is 1. The number of rotatable bonds is 8. The molecule has 0 aliphatic rings. The van der Waals surface area contributed by atoms with Crippen LogP contribution in [0.1, 0.15) is 50.7 Å². The first-order valence-electron chi connectivity index (χ1n) is 9.79. The van der Waals surface area contributed by atoms with Gasteiger partial charge in [0, 0.05) is 26.1 Å². The lowest BCUT2D eigenvalue weighted by atomic mass is 10.1. The van der Waals surface area contributed by atoms with Crippen LogP contribution in [0.5, 0.6) is 0 Å². The predicted molar refractivity (Wildman–Crippen MR) is 123 cm³/mol. The van der Waals surface area contributed by atoms with Crippen LogP contribution in [-0.2, 0) is 19.1 Å². The summed E-state index contributed by atoms with van der Waals surface area (Å²) in [6.07, 6.45) is -1.89. The Bertz CT molecular complexity index is 804. The van der Waals surface area contributed by atoms with Crippen LogP contribution in [-0.4, -0.2) is 33.8 Å². The standard InChI is InChI=1S/C20H29F3N6.HI/c1-5-18-28-26-13-29(18)10-9-24-19(25-12-14(2)3)27-15(4)16-7-6-8-17(11-16)20(21,22)23;/h6-8,11,13-15H,5,9-10,12H2,1-4H3,(H2,24,25,27);1H. The van der Waals surface area contributed by atoms with E-state index in [1.165, 1.54) is 12.1 Å². The smallest absolute Gasteiger partial charge is 0.355 e. The van der Waals surface area contributed by atoms with Crippen molar-refractivity contribution in [1.82, 2.24) is 25.4 Å². The van der Waals surface area contributed by atoms with Gasteiger partial charge in [-0.1, -0.05) is 32.9 Å². The van der Waals surface area contributed by atoms with Gasteiger partial charge < -0.3 is 15.2 Å². The van der Waals surface area contributed by atoms with Crippen molar-refractivity contribution in [2.24, 2.45) is 10.9 Å². The summed E-state index contributed by atoms with van der Waals surface area (Å²) in [5.41, 5.74) is -0.108. The molecule has 0 aliphatic carbocycles. The lowest BCUT2D eigenvalue weighted by Crippen LogP contribution is -2.40. The Kier molecular flexibility index (Phi) is 10.6. The first-order valence-corrected chi connectivity index (χ1v) is 9.79. The first-order chi connectivity index (χ1) is 13.7. The van der Waals surface area contributed by atoms with E-state index in [0.717, 1.165) is 18.3 Å². The molecule has 2 aromatic rings. The summed E-state index contributed by atoms with van der Waals surface area (Å²) in [5.74, 6) is 1.83. The van der Waals surface area contributed by atoms with Crippen molar-refractivity contribution >= 4 is 29.9 Å². The van der Waals surface area contributed by atoms with E-state index in [1.54, 1.807) is 12.4 Å². The summed E-state index contributed by atoms with van der Waals surface area (Å²) < 4.78 is 41.0. The summed E-state index contributed by atoms with van der Waals surface area (Å²) in [7, 11) is 0. The van der Waals surface area contributed by atoms with Gasteiger partial charge in [0.05, 0.1) is 11.6 Å². The molecule has 1 heterocycles. The quantitative estimate of drug-likeness (QED) is 0.297. The summed E-state index contributed by atoms with van der Waals surface area (Å²) in [5, 5.41) is 14.4. The van der Waals surface area contributed by atoms with E-state index >= 15 is 0 Å². The van der Waals surface area contributed by atoms with Crippen molar-refractivity contribution in [2.45, 2.75) is 52.9 Å². The molecule has 168 valence electrons. The molecular formula is C20H30F3IN6. The molecule has 10 heteroatoms. The Hall–Kier alpha value is -1.85. The zero-order chi connectivity index (χ0) is 21.4. The maximum absolute atomic E-state index is 13.0. The van der Waals surface area contributed by atoms with Crippen molar-refractivity contribution in [3.05, 3.63) is 47.5 Å². The van der Waals surface area contributed by atoms with Gasteiger partial charge in [0.1, 0.15) is 12.2 Å². The highest BCUT2D eigenvalue weighted by atomic mass is 127. The van der Waals surface area contributed by atoms with Crippen LogP contribution in [0, 0.1) is 5.92 Å². The topological polar surface area (TPSA) is 67.1 Å². The van der Waals surface area contributed by atoms with Gasteiger partial charge >= 0.3 is 6.18 Å². The fraction of sp³-hybridized carbons (Fsp3) is 0.550. The number of hydrogen-bond acceptors (Lipinski definition) is 3. The number of guanidine groups is 1. The van der Waals surface area contributed by atoms with Gasteiger partial charge in [-0.25, -0.2) is 0 Å². The van der Waals surface area contributed by atoms with E-state index < -0.39 is 11.7 Å².